The Balaban J connectivity index is 2.31. The van der Waals surface area contributed by atoms with Crippen LogP contribution in [0.15, 0.2) is 30.5 Å². The van der Waals surface area contributed by atoms with Gasteiger partial charge in [0.1, 0.15) is 0 Å². The van der Waals surface area contributed by atoms with Crippen LogP contribution in [0.25, 0.3) is 10.9 Å². The number of anilines is 1. The smallest absolute Gasteiger partial charge is 0.0948 e. The number of hydrogen-bond donors (Lipinski definition) is 2. The fraction of sp³-hybridized carbons (Fsp3) is 0.400. The molecule has 0 saturated carbocycles. The molecule has 0 saturated heterocycles. The molecule has 0 aliphatic heterocycles. The molecule has 20 heavy (non-hydrogen) atoms. The standard InChI is InChI=1S/C15H20ClN3O/c1-10(9-20-2)14(8-17)19-13-6-5-12(16)11-4-3-7-18-15(11)13/h3-7,10,14,19H,8-9,17H2,1-2H3. The fourth-order valence-corrected chi connectivity index (χ4v) is 2.48. The Kier molecular flexibility index (Phi) is 5.17. The topological polar surface area (TPSA) is 60.2 Å². The van der Waals surface area contributed by atoms with E-state index in [0.717, 1.165) is 16.6 Å². The first-order chi connectivity index (χ1) is 9.67. The molecule has 5 heteroatoms. The highest BCUT2D eigenvalue weighted by atomic mass is 35.5. The Bertz CT molecular complexity index is 576. The Labute approximate surface area is 124 Å². The maximum absolute atomic E-state index is 6.20. The summed E-state index contributed by atoms with van der Waals surface area (Å²) in [6.45, 7) is 3.30. The van der Waals surface area contributed by atoms with E-state index in [1.165, 1.54) is 0 Å². The zero-order chi connectivity index (χ0) is 14.5. The van der Waals surface area contributed by atoms with Gasteiger partial charge in [-0.2, -0.15) is 0 Å². The van der Waals surface area contributed by atoms with Crippen LogP contribution in [0.5, 0.6) is 0 Å². The molecule has 0 aliphatic carbocycles. The highest BCUT2D eigenvalue weighted by Gasteiger charge is 2.17. The van der Waals surface area contributed by atoms with Gasteiger partial charge in [-0.15, -0.1) is 0 Å². The number of aromatic nitrogens is 1. The van der Waals surface area contributed by atoms with Crippen molar-refractivity contribution >= 4 is 28.2 Å². The molecule has 0 bridgehead atoms. The van der Waals surface area contributed by atoms with E-state index in [1.54, 1.807) is 13.3 Å². The average Bonchev–Trinajstić information content (AvgIpc) is 2.47. The molecule has 0 amide bonds. The first-order valence-corrected chi connectivity index (χ1v) is 7.04. The summed E-state index contributed by atoms with van der Waals surface area (Å²) in [6, 6.07) is 7.79. The maximum atomic E-state index is 6.20. The van der Waals surface area contributed by atoms with Gasteiger partial charge in [0, 0.05) is 37.2 Å². The number of hydrogen-bond acceptors (Lipinski definition) is 4. The van der Waals surface area contributed by atoms with E-state index in [2.05, 4.69) is 17.2 Å². The zero-order valence-electron chi connectivity index (χ0n) is 11.8. The summed E-state index contributed by atoms with van der Waals surface area (Å²) < 4.78 is 5.20. The lowest BCUT2D eigenvalue weighted by atomic mass is 10.0. The SMILES string of the molecule is COCC(C)C(CN)Nc1ccc(Cl)c2cccnc12. The molecule has 1 aromatic heterocycles. The molecule has 3 N–H and O–H groups in total. The van der Waals surface area contributed by atoms with E-state index in [0.29, 0.717) is 24.1 Å². The molecule has 1 heterocycles. The Morgan fingerprint density at radius 1 is 1.40 bits per heavy atom. The minimum atomic E-state index is 0.126. The normalized spacial score (nSPS) is 14.2. The van der Waals surface area contributed by atoms with Crippen LogP contribution in [0.2, 0.25) is 5.02 Å². The van der Waals surface area contributed by atoms with Crippen LogP contribution in [0.4, 0.5) is 5.69 Å². The number of fused-ring (bicyclic) bond motifs is 1. The molecule has 2 rings (SSSR count). The molecule has 2 atom stereocenters. The predicted molar refractivity (Wildman–Crippen MR) is 84.3 cm³/mol. The first-order valence-electron chi connectivity index (χ1n) is 6.66. The van der Waals surface area contributed by atoms with Crippen LogP contribution in [0.3, 0.4) is 0 Å². The molecule has 4 nitrogen and oxygen atoms in total. The number of halogens is 1. The van der Waals surface area contributed by atoms with Crippen LogP contribution in [0, 0.1) is 5.92 Å². The number of nitrogens with zero attached hydrogens (tertiary/aromatic N) is 1. The van der Waals surface area contributed by atoms with Gasteiger partial charge in [-0.1, -0.05) is 18.5 Å². The minimum absolute atomic E-state index is 0.126. The number of nitrogens with two attached hydrogens (primary N) is 1. The first kappa shape index (κ1) is 15.0. The predicted octanol–water partition coefficient (Wildman–Crippen LogP) is 2.91. The molecular weight excluding hydrogens is 274 g/mol. The number of ether oxygens (including phenoxy) is 1. The van der Waals surface area contributed by atoms with Crippen LogP contribution >= 0.6 is 11.6 Å². The third kappa shape index (κ3) is 3.20. The Hall–Kier alpha value is -1.36. The van der Waals surface area contributed by atoms with E-state index < -0.39 is 0 Å². The van der Waals surface area contributed by atoms with Gasteiger partial charge in [0.15, 0.2) is 0 Å². The van der Waals surface area contributed by atoms with Crippen molar-refractivity contribution < 1.29 is 4.74 Å². The van der Waals surface area contributed by atoms with Crippen molar-refractivity contribution in [3.63, 3.8) is 0 Å². The van der Waals surface area contributed by atoms with E-state index in [-0.39, 0.29) is 6.04 Å². The van der Waals surface area contributed by atoms with Crippen LogP contribution in [-0.4, -0.2) is 31.3 Å². The van der Waals surface area contributed by atoms with Gasteiger partial charge in [-0.25, -0.2) is 0 Å². The number of nitrogens with one attached hydrogen (secondary N) is 1. The molecule has 0 fully saturated rings. The van der Waals surface area contributed by atoms with Crippen molar-refractivity contribution in [3.05, 3.63) is 35.5 Å². The Morgan fingerprint density at radius 3 is 2.90 bits per heavy atom. The third-order valence-electron chi connectivity index (χ3n) is 3.43. The van der Waals surface area contributed by atoms with Crippen molar-refractivity contribution in [2.24, 2.45) is 11.7 Å². The molecule has 2 aromatic rings. The summed E-state index contributed by atoms with van der Waals surface area (Å²) in [5.41, 5.74) is 7.67. The quantitative estimate of drug-likeness (QED) is 0.860. The summed E-state index contributed by atoms with van der Waals surface area (Å²) in [5.74, 6) is 0.305. The van der Waals surface area contributed by atoms with Crippen molar-refractivity contribution in [1.82, 2.24) is 4.98 Å². The zero-order valence-corrected chi connectivity index (χ0v) is 12.5. The number of benzene rings is 1. The summed E-state index contributed by atoms with van der Waals surface area (Å²) in [4.78, 5) is 4.42. The number of rotatable bonds is 6. The van der Waals surface area contributed by atoms with Crippen molar-refractivity contribution in [2.45, 2.75) is 13.0 Å². The van der Waals surface area contributed by atoms with E-state index in [9.17, 15) is 0 Å². The molecule has 108 valence electrons. The van der Waals surface area contributed by atoms with Crippen LogP contribution in [0.1, 0.15) is 6.92 Å². The monoisotopic (exact) mass is 293 g/mol. The fourth-order valence-electron chi connectivity index (χ4n) is 2.27. The second kappa shape index (κ2) is 6.88. The maximum Gasteiger partial charge on any atom is 0.0948 e. The Morgan fingerprint density at radius 2 is 2.20 bits per heavy atom. The summed E-state index contributed by atoms with van der Waals surface area (Å²) in [7, 11) is 1.70. The van der Waals surface area contributed by atoms with Gasteiger partial charge < -0.3 is 15.8 Å². The lowest BCUT2D eigenvalue weighted by Crippen LogP contribution is -2.37. The minimum Gasteiger partial charge on any atom is -0.384 e. The van der Waals surface area contributed by atoms with Crippen LogP contribution in [-0.2, 0) is 4.74 Å². The molecule has 0 aliphatic rings. The molecule has 2 unspecified atom stereocenters. The van der Waals surface area contributed by atoms with Crippen molar-refractivity contribution in [1.29, 1.82) is 0 Å². The summed E-state index contributed by atoms with van der Waals surface area (Å²) in [5, 5.41) is 5.10. The number of pyridine rings is 1. The summed E-state index contributed by atoms with van der Waals surface area (Å²) in [6.07, 6.45) is 1.76. The lowest BCUT2D eigenvalue weighted by Gasteiger charge is -2.25. The molecule has 1 aromatic carbocycles. The van der Waals surface area contributed by atoms with E-state index in [1.807, 2.05) is 24.3 Å². The molecule has 0 radical (unpaired) electrons. The van der Waals surface area contributed by atoms with Crippen molar-refractivity contribution in [2.75, 3.05) is 25.6 Å². The van der Waals surface area contributed by atoms with Gasteiger partial charge in [-0.05, 0) is 24.3 Å². The van der Waals surface area contributed by atoms with Gasteiger partial charge in [0.25, 0.3) is 0 Å². The second-order valence-corrected chi connectivity index (χ2v) is 5.32. The average molecular weight is 294 g/mol. The third-order valence-corrected chi connectivity index (χ3v) is 3.76. The molecular formula is C15H20ClN3O. The van der Waals surface area contributed by atoms with Gasteiger partial charge in [0.2, 0.25) is 0 Å². The second-order valence-electron chi connectivity index (χ2n) is 4.91. The lowest BCUT2D eigenvalue weighted by molar-refractivity contribution is 0.151. The van der Waals surface area contributed by atoms with Gasteiger partial charge in [-0.3, -0.25) is 4.98 Å². The van der Waals surface area contributed by atoms with Gasteiger partial charge in [0.05, 0.1) is 22.8 Å². The highest BCUT2D eigenvalue weighted by molar-refractivity contribution is 6.35. The summed E-state index contributed by atoms with van der Waals surface area (Å²) >= 11 is 6.20. The molecule has 0 spiro atoms. The van der Waals surface area contributed by atoms with Crippen LogP contribution < -0.4 is 11.1 Å². The van der Waals surface area contributed by atoms with E-state index in [4.69, 9.17) is 22.1 Å². The number of methoxy groups -OCH3 is 1. The van der Waals surface area contributed by atoms with E-state index >= 15 is 0 Å². The largest absolute Gasteiger partial charge is 0.384 e. The van der Waals surface area contributed by atoms with Gasteiger partial charge >= 0.3 is 0 Å². The van der Waals surface area contributed by atoms with Crippen molar-refractivity contribution in [3.8, 4) is 0 Å². The highest BCUT2D eigenvalue weighted by Crippen LogP contribution is 2.28.